The highest BCUT2D eigenvalue weighted by Gasteiger charge is 2.61. The predicted molar refractivity (Wildman–Crippen MR) is 110 cm³/mol. The van der Waals surface area contributed by atoms with Gasteiger partial charge >= 0.3 is 0 Å². The van der Waals surface area contributed by atoms with Crippen LogP contribution in [0, 0.1) is 0 Å². The van der Waals surface area contributed by atoms with Crippen LogP contribution in [0.4, 0.5) is 5.13 Å². The first-order valence-electron chi connectivity index (χ1n) is 8.71. The Kier molecular flexibility index (Phi) is 4.81. The van der Waals surface area contributed by atoms with Gasteiger partial charge in [0.25, 0.3) is 0 Å². The quantitative estimate of drug-likeness (QED) is 0.622. The third-order valence-corrected chi connectivity index (χ3v) is 8.35. The Morgan fingerprint density at radius 3 is 2.61 bits per heavy atom. The third-order valence-electron chi connectivity index (χ3n) is 4.65. The van der Waals surface area contributed by atoms with E-state index in [1.807, 2.05) is 25.1 Å². The molecule has 1 aromatic heterocycles. The van der Waals surface area contributed by atoms with Gasteiger partial charge in [-0.3, -0.25) is 4.79 Å². The molecule has 0 saturated heterocycles. The minimum absolute atomic E-state index is 0.0928. The molecule has 1 saturated carbocycles. The van der Waals surface area contributed by atoms with Crippen molar-refractivity contribution in [3.8, 4) is 5.75 Å². The Labute approximate surface area is 171 Å². The molecule has 1 amide bonds. The summed E-state index contributed by atoms with van der Waals surface area (Å²) in [5.41, 5.74) is 0.717. The van der Waals surface area contributed by atoms with E-state index in [1.54, 1.807) is 0 Å². The van der Waals surface area contributed by atoms with Crippen molar-refractivity contribution in [3.05, 3.63) is 47.5 Å². The first-order valence-corrected chi connectivity index (χ1v) is 11.4. The highest BCUT2D eigenvalue weighted by Crippen LogP contribution is 2.48. The number of nitrogens with one attached hydrogen (secondary N) is 1. The van der Waals surface area contributed by atoms with Gasteiger partial charge in [0.2, 0.25) is 5.91 Å². The number of hydrogen-bond donors (Lipinski definition) is 1. The fourth-order valence-electron chi connectivity index (χ4n) is 3.00. The van der Waals surface area contributed by atoms with Crippen LogP contribution in [-0.4, -0.2) is 30.7 Å². The zero-order valence-corrected chi connectivity index (χ0v) is 17.3. The van der Waals surface area contributed by atoms with Crippen LogP contribution in [0.2, 0.25) is 5.02 Å². The van der Waals surface area contributed by atoms with Crippen molar-refractivity contribution in [2.75, 3.05) is 11.9 Å². The van der Waals surface area contributed by atoms with Gasteiger partial charge in [0, 0.05) is 5.02 Å². The molecular weight excluding hydrogens is 420 g/mol. The maximum absolute atomic E-state index is 13.0. The molecule has 1 N–H and O–H groups in total. The number of amides is 1. The Morgan fingerprint density at radius 1 is 1.25 bits per heavy atom. The number of thiazole rings is 1. The molecule has 4 rings (SSSR count). The second-order valence-corrected chi connectivity index (χ2v) is 10.2. The molecule has 1 aliphatic carbocycles. The molecular formula is C19H17ClN2O4S2. The molecule has 0 atom stereocenters. The number of anilines is 1. The standard InChI is InChI=1S/C19H17ClN2O4S2/c1-2-26-13-5-8-15-16(11-13)27-18(21-15)22-17(23)19(9-10-19)28(24,25)14-6-3-12(20)4-7-14/h3-8,11H,2,9-10H2,1H3,(H,21,22,23). The number of fused-ring (bicyclic) bond motifs is 1. The number of rotatable bonds is 6. The van der Waals surface area contributed by atoms with E-state index in [0.717, 1.165) is 10.4 Å². The smallest absolute Gasteiger partial charge is 0.248 e. The van der Waals surface area contributed by atoms with E-state index in [9.17, 15) is 13.2 Å². The number of carbonyl (C=O) groups is 1. The van der Waals surface area contributed by atoms with Crippen LogP contribution in [0.15, 0.2) is 47.4 Å². The number of sulfone groups is 1. The maximum Gasteiger partial charge on any atom is 0.248 e. The van der Waals surface area contributed by atoms with Crippen LogP contribution in [0.5, 0.6) is 5.75 Å². The van der Waals surface area contributed by atoms with Gasteiger partial charge in [0.1, 0.15) is 5.75 Å². The van der Waals surface area contributed by atoms with E-state index in [-0.39, 0.29) is 17.7 Å². The zero-order chi connectivity index (χ0) is 19.9. The van der Waals surface area contributed by atoms with Crippen LogP contribution in [0.1, 0.15) is 19.8 Å². The van der Waals surface area contributed by atoms with Crippen LogP contribution < -0.4 is 10.1 Å². The average molecular weight is 437 g/mol. The van der Waals surface area contributed by atoms with E-state index in [4.69, 9.17) is 16.3 Å². The minimum atomic E-state index is -3.82. The summed E-state index contributed by atoms with van der Waals surface area (Å²) in [6.45, 7) is 2.46. The molecule has 0 radical (unpaired) electrons. The molecule has 6 nitrogen and oxygen atoms in total. The Bertz CT molecular complexity index is 1150. The van der Waals surface area contributed by atoms with Gasteiger partial charge in [-0.15, -0.1) is 0 Å². The van der Waals surface area contributed by atoms with Gasteiger partial charge in [-0.25, -0.2) is 13.4 Å². The highest BCUT2D eigenvalue weighted by molar-refractivity contribution is 7.94. The predicted octanol–water partition coefficient (Wildman–Crippen LogP) is 4.29. The van der Waals surface area contributed by atoms with Gasteiger partial charge in [0.15, 0.2) is 19.7 Å². The van der Waals surface area contributed by atoms with Gasteiger partial charge < -0.3 is 10.1 Å². The summed E-state index contributed by atoms with van der Waals surface area (Å²) in [7, 11) is -3.82. The topological polar surface area (TPSA) is 85.4 Å². The normalized spacial score (nSPS) is 15.4. The third kappa shape index (κ3) is 3.25. The Morgan fingerprint density at radius 2 is 1.96 bits per heavy atom. The lowest BCUT2D eigenvalue weighted by Gasteiger charge is -2.15. The van der Waals surface area contributed by atoms with Crippen molar-refractivity contribution < 1.29 is 17.9 Å². The molecule has 3 aromatic rings. The number of ether oxygens (including phenoxy) is 1. The first kappa shape index (κ1) is 19.2. The SMILES string of the molecule is CCOc1ccc2nc(NC(=O)C3(S(=O)(=O)c4ccc(Cl)cc4)CC3)sc2c1. The molecule has 1 fully saturated rings. The van der Waals surface area contributed by atoms with E-state index >= 15 is 0 Å². The van der Waals surface area contributed by atoms with Crippen molar-refractivity contribution in [3.63, 3.8) is 0 Å². The molecule has 28 heavy (non-hydrogen) atoms. The number of carbonyl (C=O) groups excluding carboxylic acids is 1. The van der Waals surface area contributed by atoms with Crippen LogP contribution in [0.3, 0.4) is 0 Å². The largest absolute Gasteiger partial charge is 0.494 e. The number of halogens is 1. The second kappa shape index (κ2) is 7.02. The molecule has 9 heteroatoms. The number of nitrogens with zero attached hydrogens (tertiary/aromatic N) is 1. The molecule has 0 spiro atoms. The van der Waals surface area contributed by atoms with E-state index < -0.39 is 20.5 Å². The van der Waals surface area contributed by atoms with Crippen LogP contribution >= 0.6 is 22.9 Å². The summed E-state index contributed by atoms with van der Waals surface area (Å²) in [6.07, 6.45) is 0.562. The lowest BCUT2D eigenvalue weighted by atomic mass is 10.3. The molecule has 0 unspecified atom stereocenters. The number of aromatic nitrogens is 1. The Hall–Kier alpha value is -2.16. The first-order chi connectivity index (χ1) is 13.4. The molecule has 1 heterocycles. The van der Waals surface area contributed by atoms with Crippen molar-refractivity contribution in [1.82, 2.24) is 4.98 Å². The maximum atomic E-state index is 13.0. The van der Waals surface area contributed by atoms with E-state index in [1.165, 1.54) is 35.6 Å². The van der Waals surface area contributed by atoms with Crippen molar-refractivity contribution in [2.45, 2.75) is 29.4 Å². The summed E-state index contributed by atoms with van der Waals surface area (Å²) in [6, 6.07) is 11.3. The fraction of sp³-hybridized carbons (Fsp3) is 0.263. The monoisotopic (exact) mass is 436 g/mol. The summed E-state index contributed by atoms with van der Waals surface area (Å²) >= 11 is 7.12. The van der Waals surface area contributed by atoms with Crippen LogP contribution in [-0.2, 0) is 14.6 Å². The fourth-order valence-corrected chi connectivity index (χ4v) is 5.89. The molecule has 2 aromatic carbocycles. The van der Waals surface area contributed by atoms with Crippen molar-refractivity contribution in [2.24, 2.45) is 0 Å². The van der Waals surface area contributed by atoms with Crippen molar-refractivity contribution in [1.29, 1.82) is 0 Å². The lowest BCUT2D eigenvalue weighted by Crippen LogP contribution is -2.37. The summed E-state index contributed by atoms with van der Waals surface area (Å²) in [4.78, 5) is 17.3. The molecule has 146 valence electrons. The molecule has 0 bridgehead atoms. The lowest BCUT2D eigenvalue weighted by molar-refractivity contribution is -0.116. The highest BCUT2D eigenvalue weighted by atomic mass is 35.5. The van der Waals surface area contributed by atoms with E-state index in [2.05, 4.69) is 10.3 Å². The summed E-state index contributed by atoms with van der Waals surface area (Å²) < 4.78 is 30.9. The summed E-state index contributed by atoms with van der Waals surface area (Å²) in [5.74, 6) is 0.173. The van der Waals surface area contributed by atoms with Gasteiger partial charge in [-0.2, -0.15) is 0 Å². The molecule has 1 aliphatic rings. The zero-order valence-electron chi connectivity index (χ0n) is 14.9. The van der Waals surface area contributed by atoms with Gasteiger partial charge in [-0.05, 0) is 62.2 Å². The average Bonchev–Trinajstić information content (AvgIpc) is 3.39. The Balaban J connectivity index is 1.59. The van der Waals surface area contributed by atoms with Gasteiger partial charge in [0.05, 0.1) is 21.7 Å². The van der Waals surface area contributed by atoms with Crippen LogP contribution in [0.25, 0.3) is 10.2 Å². The second-order valence-electron chi connectivity index (χ2n) is 6.49. The van der Waals surface area contributed by atoms with Gasteiger partial charge in [-0.1, -0.05) is 22.9 Å². The minimum Gasteiger partial charge on any atom is -0.494 e. The van der Waals surface area contributed by atoms with E-state index in [0.29, 0.717) is 22.3 Å². The van der Waals surface area contributed by atoms with Crippen molar-refractivity contribution >= 4 is 54.0 Å². The number of benzene rings is 2. The number of hydrogen-bond acceptors (Lipinski definition) is 6. The molecule has 0 aliphatic heterocycles. The summed E-state index contributed by atoms with van der Waals surface area (Å²) in [5, 5.41) is 3.50.